The first-order chi connectivity index (χ1) is 15.9. The summed E-state index contributed by atoms with van der Waals surface area (Å²) >= 11 is 0. The van der Waals surface area contributed by atoms with Gasteiger partial charge in [0, 0.05) is 33.9 Å². The second kappa shape index (κ2) is 8.00. The minimum atomic E-state index is 0.193. The van der Waals surface area contributed by atoms with Gasteiger partial charge in [-0.05, 0) is 69.2 Å². The standard InChI is InChI=1S/C28H29N3O2/c1-17-27-19(3)31(18(2)21-7-11-24(32-5)12-8-21)20(4)28(27)26-15-23(16-30(26)29-17)22-9-13-25(33-6)14-10-22/h7-16,18H,1-6H3. The van der Waals surface area contributed by atoms with Crippen molar-refractivity contribution in [1.82, 2.24) is 14.2 Å². The third kappa shape index (κ3) is 3.35. The quantitative estimate of drug-likeness (QED) is 0.313. The fourth-order valence-corrected chi connectivity index (χ4v) is 5.10. The Bertz CT molecular complexity index is 1460. The molecule has 3 heterocycles. The molecule has 0 spiro atoms. The van der Waals surface area contributed by atoms with E-state index in [1.807, 2.05) is 28.8 Å². The summed E-state index contributed by atoms with van der Waals surface area (Å²) < 4.78 is 15.1. The van der Waals surface area contributed by atoms with Crippen LogP contribution in [0.4, 0.5) is 0 Å². The molecule has 168 valence electrons. The highest BCUT2D eigenvalue weighted by Crippen LogP contribution is 2.37. The maximum Gasteiger partial charge on any atom is 0.118 e. The van der Waals surface area contributed by atoms with Gasteiger partial charge in [0.25, 0.3) is 0 Å². The largest absolute Gasteiger partial charge is 0.497 e. The SMILES string of the molecule is COc1ccc(-c2cc3c4c(C)n(C(C)c5ccc(OC)cc5)c(C)c4c(C)nn3c2)cc1. The zero-order valence-electron chi connectivity index (χ0n) is 20.0. The first-order valence-corrected chi connectivity index (χ1v) is 11.2. The van der Waals surface area contributed by atoms with Crippen LogP contribution in [0.5, 0.6) is 11.5 Å². The van der Waals surface area contributed by atoms with Crippen molar-refractivity contribution >= 4 is 16.3 Å². The van der Waals surface area contributed by atoms with Crippen LogP contribution in [0, 0.1) is 20.8 Å². The number of aryl methyl sites for hydroxylation is 3. The van der Waals surface area contributed by atoms with Gasteiger partial charge in [-0.2, -0.15) is 5.10 Å². The van der Waals surface area contributed by atoms with E-state index >= 15 is 0 Å². The van der Waals surface area contributed by atoms with Crippen LogP contribution in [0.15, 0.2) is 60.8 Å². The number of ether oxygens (including phenoxy) is 2. The van der Waals surface area contributed by atoms with Crippen molar-refractivity contribution in [2.45, 2.75) is 33.7 Å². The Balaban J connectivity index is 1.68. The Labute approximate surface area is 194 Å². The highest BCUT2D eigenvalue weighted by molar-refractivity contribution is 6.02. The molecule has 0 saturated carbocycles. The van der Waals surface area contributed by atoms with Gasteiger partial charge in [0.05, 0.1) is 31.5 Å². The van der Waals surface area contributed by atoms with Crippen molar-refractivity contribution < 1.29 is 9.47 Å². The molecule has 3 aromatic heterocycles. The molecule has 5 heteroatoms. The maximum atomic E-state index is 5.34. The molecule has 2 aromatic carbocycles. The van der Waals surface area contributed by atoms with Crippen LogP contribution in [0.3, 0.4) is 0 Å². The van der Waals surface area contributed by atoms with Crippen LogP contribution in [0.25, 0.3) is 27.4 Å². The van der Waals surface area contributed by atoms with Gasteiger partial charge in [0.15, 0.2) is 0 Å². The van der Waals surface area contributed by atoms with Gasteiger partial charge in [-0.1, -0.05) is 24.3 Å². The number of benzene rings is 2. The second-order valence-corrected chi connectivity index (χ2v) is 8.61. The zero-order valence-corrected chi connectivity index (χ0v) is 20.0. The normalized spacial score (nSPS) is 12.4. The lowest BCUT2D eigenvalue weighted by atomic mass is 10.1. The van der Waals surface area contributed by atoms with Gasteiger partial charge in [-0.15, -0.1) is 0 Å². The van der Waals surface area contributed by atoms with E-state index in [0.717, 1.165) is 33.8 Å². The molecule has 0 aliphatic heterocycles. The van der Waals surface area contributed by atoms with Gasteiger partial charge in [0.1, 0.15) is 11.5 Å². The molecule has 5 nitrogen and oxygen atoms in total. The molecule has 0 radical (unpaired) electrons. The molecule has 1 atom stereocenters. The highest BCUT2D eigenvalue weighted by atomic mass is 16.5. The molecule has 0 aliphatic rings. The Hall–Kier alpha value is -3.73. The first kappa shape index (κ1) is 21.1. The van der Waals surface area contributed by atoms with Gasteiger partial charge < -0.3 is 14.0 Å². The van der Waals surface area contributed by atoms with Crippen LogP contribution in [0.1, 0.15) is 35.6 Å². The van der Waals surface area contributed by atoms with Crippen molar-refractivity contribution in [2.75, 3.05) is 14.2 Å². The van der Waals surface area contributed by atoms with Crippen LogP contribution >= 0.6 is 0 Å². The number of rotatable bonds is 5. The second-order valence-electron chi connectivity index (χ2n) is 8.61. The fourth-order valence-electron chi connectivity index (χ4n) is 5.10. The van der Waals surface area contributed by atoms with E-state index in [1.54, 1.807) is 14.2 Å². The average molecular weight is 440 g/mol. The molecule has 0 amide bonds. The third-order valence-corrected chi connectivity index (χ3v) is 6.78. The van der Waals surface area contributed by atoms with Crippen molar-refractivity contribution in [3.8, 4) is 22.6 Å². The lowest BCUT2D eigenvalue weighted by molar-refractivity contribution is 0.414. The number of fused-ring (bicyclic) bond motifs is 3. The smallest absolute Gasteiger partial charge is 0.118 e. The number of hydrogen-bond donors (Lipinski definition) is 0. The zero-order chi connectivity index (χ0) is 23.3. The van der Waals surface area contributed by atoms with Gasteiger partial charge in [0.2, 0.25) is 0 Å². The summed E-state index contributed by atoms with van der Waals surface area (Å²) in [6.45, 7) is 8.77. The van der Waals surface area contributed by atoms with Crippen molar-refractivity contribution in [3.05, 3.63) is 83.4 Å². The number of nitrogens with zero attached hydrogens (tertiary/aromatic N) is 3. The Morgan fingerprint density at radius 1 is 0.758 bits per heavy atom. The topological polar surface area (TPSA) is 40.7 Å². The molecule has 1 unspecified atom stereocenters. The van der Waals surface area contributed by atoms with E-state index in [0.29, 0.717) is 0 Å². The van der Waals surface area contributed by atoms with E-state index in [9.17, 15) is 0 Å². The van der Waals surface area contributed by atoms with E-state index in [4.69, 9.17) is 14.6 Å². The maximum absolute atomic E-state index is 5.34. The molecule has 0 bridgehead atoms. The van der Waals surface area contributed by atoms with E-state index in [1.165, 1.54) is 27.7 Å². The highest BCUT2D eigenvalue weighted by Gasteiger charge is 2.22. The van der Waals surface area contributed by atoms with Crippen LogP contribution in [-0.2, 0) is 0 Å². The minimum Gasteiger partial charge on any atom is -0.497 e. The summed E-state index contributed by atoms with van der Waals surface area (Å²) in [7, 11) is 3.39. The van der Waals surface area contributed by atoms with Crippen molar-refractivity contribution in [2.24, 2.45) is 0 Å². The number of hydrogen-bond acceptors (Lipinski definition) is 3. The molecule has 0 fully saturated rings. The Morgan fingerprint density at radius 2 is 1.33 bits per heavy atom. The Kier molecular flexibility index (Phi) is 5.12. The lowest BCUT2D eigenvalue weighted by Crippen LogP contribution is -2.10. The van der Waals surface area contributed by atoms with E-state index in [-0.39, 0.29) is 6.04 Å². The molecule has 0 aliphatic carbocycles. The molecule has 0 saturated heterocycles. The van der Waals surface area contributed by atoms with Crippen LogP contribution in [0.2, 0.25) is 0 Å². The number of aromatic nitrogens is 3. The minimum absolute atomic E-state index is 0.193. The molecule has 5 aromatic rings. The first-order valence-electron chi connectivity index (χ1n) is 11.2. The molecular formula is C28H29N3O2. The number of methoxy groups -OCH3 is 2. The monoisotopic (exact) mass is 439 g/mol. The fraction of sp³-hybridized carbons (Fsp3) is 0.250. The predicted octanol–water partition coefficient (Wildman–Crippen LogP) is 6.51. The van der Waals surface area contributed by atoms with Crippen LogP contribution < -0.4 is 9.47 Å². The lowest BCUT2D eigenvalue weighted by Gasteiger charge is -2.19. The summed E-state index contributed by atoms with van der Waals surface area (Å²) in [6.07, 6.45) is 2.11. The van der Waals surface area contributed by atoms with Crippen molar-refractivity contribution in [1.29, 1.82) is 0 Å². The summed E-state index contributed by atoms with van der Waals surface area (Å²) in [6, 6.07) is 18.9. The van der Waals surface area contributed by atoms with Gasteiger partial charge in [-0.25, -0.2) is 4.52 Å². The van der Waals surface area contributed by atoms with E-state index in [2.05, 4.69) is 68.8 Å². The predicted molar refractivity (Wildman–Crippen MR) is 134 cm³/mol. The van der Waals surface area contributed by atoms with Crippen molar-refractivity contribution in [3.63, 3.8) is 0 Å². The average Bonchev–Trinajstić information content (AvgIpc) is 3.37. The molecular weight excluding hydrogens is 410 g/mol. The summed E-state index contributed by atoms with van der Waals surface area (Å²) in [5.41, 5.74) is 8.19. The third-order valence-electron chi connectivity index (χ3n) is 6.78. The molecule has 33 heavy (non-hydrogen) atoms. The molecule has 5 rings (SSSR count). The Morgan fingerprint density at radius 3 is 1.94 bits per heavy atom. The summed E-state index contributed by atoms with van der Waals surface area (Å²) in [5.74, 6) is 1.73. The summed E-state index contributed by atoms with van der Waals surface area (Å²) in [5, 5.41) is 7.42. The van der Waals surface area contributed by atoms with Crippen LogP contribution in [-0.4, -0.2) is 28.4 Å². The van der Waals surface area contributed by atoms with Gasteiger partial charge >= 0.3 is 0 Å². The van der Waals surface area contributed by atoms with Gasteiger partial charge in [-0.3, -0.25) is 0 Å². The molecule has 0 N–H and O–H groups in total. The van der Waals surface area contributed by atoms with E-state index < -0.39 is 0 Å². The summed E-state index contributed by atoms with van der Waals surface area (Å²) in [4.78, 5) is 0.